The van der Waals surface area contributed by atoms with Crippen molar-refractivity contribution >= 4 is 60.6 Å². The lowest BCUT2D eigenvalue weighted by Gasteiger charge is -2.12. The molecule has 1 aliphatic rings. The Bertz CT molecular complexity index is 4410. The van der Waals surface area contributed by atoms with Crippen molar-refractivity contribution in [3.05, 3.63) is 156 Å². The number of allylic oxidation sites excluding steroid dienone is 1. The summed E-state index contributed by atoms with van der Waals surface area (Å²) >= 11 is 0. The van der Waals surface area contributed by atoms with Gasteiger partial charge in [0.25, 0.3) is 0 Å². The third-order valence-corrected chi connectivity index (χ3v) is 8.19. The van der Waals surface area contributed by atoms with Crippen LogP contribution in [0.2, 0.25) is 0 Å². The first kappa shape index (κ1) is 12.5. The molecule has 0 amide bonds. The van der Waals surface area contributed by atoms with Crippen LogP contribution in [0.4, 0.5) is 0 Å². The van der Waals surface area contributed by atoms with Crippen molar-refractivity contribution < 1.29 is 41.4 Å². The highest BCUT2D eigenvalue weighted by atomic mass is 16.3. The van der Waals surface area contributed by atoms with Crippen LogP contribution in [0, 0.1) is 0 Å². The van der Waals surface area contributed by atoms with Gasteiger partial charge in [0.15, 0.2) is 11.6 Å². The van der Waals surface area contributed by atoms with Crippen LogP contribution < -0.4 is 0 Å². The number of furan rings is 1. The topological polar surface area (TPSA) is 61.7 Å². The Morgan fingerprint density at radius 3 is 1.84 bits per heavy atom. The third kappa shape index (κ3) is 4.26. The van der Waals surface area contributed by atoms with Crippen LogP contribution in [-0.2, 0) is 6.40 Å². The summed E-state index contributed by atoms with van der Waals surface area (Å²) in [6.07, 6.45) is -3.41. The fraction of sp³-hybridized carbons (Fsp3) is 0.0444. The van der Waals surface area contributed by atoms with E-state index < -0.39 is 259 Å². The van der Waals surface area contributed by atoms with Gasteiger partial charge in [0, 0.05) is 52.1 Å². The summed E-state index contributed by atoms with van der Waals surface area (Å²) in [5.74, 6) is -3.02. The Kier molecular flexibility index (Phi) is 2.66. The lowest BCUT2D eigenvalue weighted by atomic mass is 10.0. The number of nitrogens with zero attached hydrogens (tertiary/aromatic N) is 5. The number of rotatable bonds is 4. The highest BCUT2D eigenvalue weighted by Gasteiger charge is 2.22. The Labute approximate surface area is 330 Å². The van der Waals surface area contributed by atoms with Gasteiger partial charge >= 0.3 is 0 Å². The molecule has 6 aromatic carbocycles. The molecule has 240 valence electrons. The number of aryl methyl sites for hydroxylation is 1. The number of para-hydroxylation sites is 2. The summed E-state index contributed by atoms with van der Waals surface area (Å²) in [6, 6.07) is -21.5. The lowest BCUT2D eigenvalue weighted by molar-refractivity contribution is 0.595. The van der Waals surface area contributed by atoms with Crippen molar-refractivity contribution in [1.82, 2.24) is 24.1 Å². The van der Waals surface area contributed by atoms with E-state index in [9.17, 15) is 12.3 Å². The molecule has 2 atom stereocenters. The largest absolute Gasteiger partial charge is 0.456 e. The summed E-state index contributed by atoms with van der Waals surface area (Å²) in [5, 5.41) is -2.56. The summed E-state index contributed by atoms with van der Waals surface area (Å²) in [5.41, 5.74) is -5.58. The second kappa shape index (κ2) is 10.9. The molecule has 1 aliphatic carbocycles. The maximum Gasteiger partial charge on any atom is 0.238 e. The summed E-state index contributed by atoms with van der Waals surface area (Å²) in [4.78, 5) is 13.2. The standard InChI is InChI=1S/C45H29N5O/c1-3-13-28(14-4-1)43-46-44(29-15-5-2-6-16-29)48-45(47-43)50-38-21-11-8-18-32(38)35-26-34-31-17-7-10-20-37(31)49(39(34)27-40(35)50)30-23-24-42-36(25-30)33-19-9-12-22-41(33)51-42/h1-8,10-18,20-27H,9,19H2/i1D,2D,3D,4D,5D,6D,7D,8D,9D,10D,11D,12D,13D,14D,15D,16D,17D,18D,19D,20D,21D,22D,23D,24D,25D,26D,27D. The predicted octanol–water partition coefficient (Wildman–Crippen LogP) is 11.1. The Hall–Kier alpha value is -6.79. The van der Waals surface area contributed by atoms with Gasteiger partial charge in [-0.25, -0.2) is 4.98 Å². The number of aromatic nitrogens is 5. The normalized spacial score (nSPS) is 23.6. The second-order valence-corrected chi connectivity index (χ2v) is 11.0. The minimum Gasteiger partial charge on any atom is -0.456 e. The van der Waals surface area contributed by atoms with Gasteiger partial charge in [-0.1, -0.05) is 103 Å². The van der Waals surface area contributed by atoms with E-state index in [0.717, 1.165) is 9.13 Å². The molecule has 0 N–H and O–H groups in total. The van der Waals surface area contributed by atoms with Crippen LogP contribution in [0.1, 0.15) is 54.7 Å². The van der Waals surface area contributed by atoms with Gasteiger partial charge in [-0.05, 0) is 61.1 Å². The van der Waals surface area contributed by atoms with E-state index in [1.165, 1.54) is 0 Å². The van der Waals surface area contributed by atoms with Gasteiger partial charge in [-0.3, -0.25) is 4.57 Å². The molecule has 10 aromatic rings. The third-order valence-electron chi connectivity index (χ3n) is 8.19. The monoisotopic (exact) mass is 682 g/mol. The van der Waals surface area contributed by atoms with Gasteiger partial charge < -0.3 is 8.98 Å². The quantitative estimate of drug-likeness (QED) is 0.185. The first-order valence-electron chi connectivity index (χ1n) is 28.7. The van der Waals surface area contributed by atoms with Crippen molar-refractivity contribution in [3.8, 4) is 34.4 Å². The van der Waals surface area contributed by atoms with Crippen LogP contribution >= 0.6 is 0 Å². The van der Waals surface area contributed by atoms with Crippen molar-refractivity contribution in [1.29, 1.82) is 0 Å². The molecule has 51 heavy (non-hydrogen) atoms. The maximum atomic E-state index is 10.3. The maximum absolute atomic E-state index is 10.3. The van der Waals surface area contributed by atoms with E-state index in [1.54, 1.807) is 0 Å². The van der Waals surface area contributed by atoms with Crippen LogP contribution in [0.3, 0.4) is 0 Å². The van der Waals surface area contributed by atoms with Crippen LogP contribution in [0.25, 0.3) is 95.0 Å². The highest BCUT2D eigenvalue weighted by molar-refractivity contribution is 6.19. The molecule has 6 heteroatoms. The average Bonchev–Trinajstić information content (AvgIpc) is 4.25. The number of benzene rings is 6. The smallest absolute Gasteiger partial charge is 0.238 e. The first-order chi connectivity index (χ1) is 36.5. The average molecular weight is 683 g/mol. The van der Waals surface area contributed by atoms with Gasteiger partial charge in [-0.15, -0.1) is 0 Å². The van der Waals surface area contributed by atoms with Crippen LogP contribution in [0.15, 0.2) is 149 Å². The van der Waals surface area contributed by atoms with E-state index in [0.29, 0.717) is 0 Å². The molecule has 0 saturated carbocycles. The minimum atomic E-state index is -1.71. The zero-order chi connectivity index (χ0) is 57.0. The molecule has 0 spiro atoms. The van der Waals surface area contributed by atoms with Gasteiger partial charge in [-0.2, -0.15) is 9.97 Å². The molecule has 11 rings (SSSR count). The molecular formula is C45H29N5O. The Balaban J connectivity index is 1.42. The molecule has 2 unspecified atom stereocenters. The fourth-order valence-corrected chi connectivity index (χ4v) is 6.06. The molecule has 6 nitrogen and oxygen atoms in total. The highest BCUT2D eigenvalue weighted by Crippen LogP contribution is 2.41. The number of fused-ring (bicyclic) bond motifs is 9. The van der Waals surface area contributed by atoms with Gasteiger partial charge in [0.2, 0.25) is 5.95 Å². The van der Waals surface area contributed by atoms with Crippen molar-refractivity contribution in [2.45, 2.75) is 12.8 Å². The van der Waals surface area contributed by atoms with Crippen molar-refractivity contribution in [2.24, 2.45) is 0 Å². The molecule has 0 radical (unpaired) electrons. The molecule has 0 aliphatic heterocycles. The number of hydrogen-bond acceptors (Lipinski definition) is 4. The van der Waals surface area contributed by atoms with E-state index in [-0.39, 0.29) is 5.56 Å². The molecule has 0 saturated heterocycles. The molecular weight excluding hydrogens is 627 g/mol. The van der Waals surface area contributed by atoms with Crippen molar-refractivity contribution in [3.63, 3.8) is 0 Å². The zero-order valence-electron chi connectivity index (χ0n) is 52.3. The summed E-state index contributed by atoms with van der Waals surface area (Å²) in [7, 11) is 0. The van der Waals surface area contributed by atoms with E-state index in [4.69, 9.17) is 29.1 Å². The van der Waals surface area contributed by atoms with Crippen LogP contribution in [-0.4, -0.2) is 24.1 Å². The van der Waals surface area contributed by atoms with E-state index in [1.807, 2.05) is 0 Å². The number of hydrogen-bond donors (Lipinski definition) is 0. The molecule has 4 heterocycles. The van der Waals surface area contributed by atoms with Crippen LogP contribution in [0.5, 0.6) is 0 Å². The van der Waals surface area contributed by atoms with E-state index in [2.05, 4.69) is 15.0 Å². The Morgan fingerprint density at radius 1 is 0.549 bits per heavy atom. The fourth-order valence-electron chi connectivity index (χ4n) is 6.06. The summed E-state index contributed by atoms with van der Waals surface area (Å²) in [6.45, 7) is 0. The first-order valence-corrected chi connectivity index (χ1v) is 15.0. The molecule has 0 bridgehead atoms. The van der Waals surface area contributed by atoms with Crippen molar-refractivity contribution in [2.75, 3.05) is 0 Å². The Morgan fingerprint density at radius 2 is 1.16 bits per heavy atom. The van der Waals surface area contributed by atoms with E-state index >= 15 is 0 Å². The molecule has 0 fully saturated rings. The minimum absolute atomic E-state index is 0.300. The predicted molar refractivity (Wildman–Crippen MR) is 207 cm³/mol. The summed E-state index contributed by atoms with van der Waals surface area (Å²) < 4.78 is 249. The van der Waals surface area contributed by atoms with Gasteiger partial charge in [0.1, 0.15) is 11.3 Å². The lowest BCUT2D eigenvalue weighted by Crippen LogP contribution is -2.06. The van der Waals surface area contributed by atoms with Gasteiger partial charge in [0.05, 0.1) is 56.3 Å². The molecule has 4 aromatic heterocycles. The SMILES string of the molecule is [2H]C1=C([2H])C([2H])C([2H])c2c1oc1c([2H])c([2H])c(-n3c4c([2H])c([2H])c([2H])c([2H])c4c4c([2H])c5c6c([2H])c([2H])c([2H])c([2H])c6n(-c6nc(-c7c([2H])c([2H])c([2H])c([2H])c7[2H])nc(-c7c([2H])c([2H])c([2H])c([2H])c7[2H])n6)c5c([2H])c43)c([2H])c21. The second-order valence-electron chi connectivity index (χ2n) is 11.0. The zero-order valence-corrected chi connectivity index (χ0v) is 25.3.